The monoisotopic (exact) mass is 829 g/mol. The Balaban J connectivity index is 0.982. The number of aliphatic hydroxyl groups is 1. The number of hydrogen-bond donors (Lipinski definition) is 1. The van der Waals surface area contributed by atoms with Crippen LogP contribution in [0.5, 0.6) is 23.0 Å². The molecule has 58 heavy (non-hydrogen) atoms. The number of aromatic nitrogens is 1. The fourth-order valence-corrected chi connectivity index (χ4v) is 9.22. The van der Waals surface area contributed by atoms with Crippen molar-refractivity contribution in [2.45, 2.75) is 67.6 Å². The normalized spacial score (nSPS) is 20.1. The summed E-state index contributed by atoms with van der Waals surface area (Å²) in [5.74, 6) is 1.12. The number of benzene rings is 2. The molecule has 2 aromatic carbocycles. The fraction of sp³-hybridized carbons (Fsp3) is 0.405. The molecule has 306 valence electrons. The van der Waals surface area contributed by atoms with Gasteiger partial charge in [-0.05, 0) is 74.1 Å². The van der Waals surface area contributed by atoms with Gasteiger partial charge < -0.3 is 38.6 Å². The summed E-state index contributed by atoms with van der Waals surface area (Å²) >= 11 is 0. The molecule has 1 unspecified atom stereocenters. The fourth-order valence-electron chi connectivity index (χ4n) is 7.35. The van der Waals surface area contributed by atoms with Crippen LogP contribution >= 0.6 is 21.6 Å². The van der Waals surface area contributed by atoms with Crippen LogP contribution in [0.25, 0.3) is 0 Å². The van der Waals surface area contributed by atoms with E-state index in [1.165, 1.54) is 40.7 Å². The van der Waals surface area contributed by atoms with Crippen LogP contribution < -0.4 is 23.8 Å². The van der Waals surface area contributed by atoms with E-state index < -0.39 is 18.4 Å². The zero-order valence-corrected chi connectivity index (χ0v) is 34.4. The summed E-state index contributed by atoms with van der Waals surface area (Å²) < 4.78 is 29.3. The summed E-state index contributed by atoms with van der Waals surface area (Å²) in [6.07, 6.45) is 4.48. The minimum atomic E-state index is -1.40. The van der Waals surface area contributed by atoms with E-state index in [4.69, 9.17) is 23.7 Å². The number of pyridine rings is 1. The van der Waals surface area contributed by atoms with E-state index in [9.17, 15) is 19.5 Å². The van der Waals surface area contributed by atoms with E-state index in [1.54, 1.807) is 41.6 Å². The van der Waals surface area contributed by atoms with Gasteiger partial charge in [0.15, 0.2) is 29.2 Å². The number of aliphatic hydroxyl groups excluding tert-OH is 1. The summed E-state index contributed by atoms with van der Waals surface area (Å²) in [4.78, 5) is 54.5. The van der Waals surface area contributed by atoms with Gasteiger partial charge in [0.1, 0.15) is 11.6 Å². The number of rotatable bonds is 15. The first-order valence-electron chi connectivity index (χ1n) is 19.1. The Labute approximate surface area is 345 Å². The lowest BCUT2D eigenvalue weighted by molar-refractivity contribution is 0.0491. The molecule has 3 amide bonds. The van der Waals surface area contributed by atoms with Crippen LogP contribution in [0.4, 0.5) is 16.2 Å². The van der Waals surface area contributed by atoms with E-state index in [-0.39, 0.29) is 47.5 Å². The van der Waals surface area contributed by atoms with Gasteiger partial charge in [0, 0.05) is 42.9 Å². The molecule has 0 aliphatic carbocycles. The van der Waals surface area contributed by atoms with Crippen molar-refractivity contribution in [2.24, 2.45) is 4.99 Å². The SMILES string of the molecule is C=C1CC2C=Nc3cc(OCCCCCOc4cc5c(cc4OC)C(=O)N4CC(=C)C[C@H]4[C@H](O)N5C(=O)OC[C@@H](C)SSc4ccccn4)c(OC)cc3C(=O)N2C1. The molecule has 7 rings (SSSR count). The van der Waals surface area contributed by atoms with Crippen LogP contribution in [0.2, 0.25) is 0 Å². The van der Waals surface area contributed by atoms with Crippen molar-refractivity contribution in [3.63, 3.8) is 0 Å². The Morgan fingerprint density at radius 3 is 2.28 bits per heavy atom. The molecular weight excluding hydrogens is 783 g/mol. The molecule has 2 fully saturated rings. The average molecular weight is 830 g/mol. The van der Waals surface area contributed by atoms with E-state index >= 15 is 0 Å². The zero-order valence-electron chi connectivity index (χ0n) is 32.8. The lowest BCUT2D eigenvalue weighted by atomic mass is 10.1. The van der Waals surface area contributed by atoms with Crippen molar-refractivity contribution in [3.05, 3.63) is 84.1 Å². The summed E-state index contributed by atoms with van der Waals surface area (Å²) in [6.45, 7) is 11.5. The third-order valence-corrected chi connectivity index (χ3v) is 13.0. The van der Waals surface area contributed by atoms with Gasteiger partial charge in [-0.1, -0.05) is 41.2 Å². The Kier molecular flexibility index (Phi) is 12.8. The average Bonchev–Trinajstić information content (AvgIpc) is 3.77. The number of anilines is 1. The second-order valence-electron chi connectivity index (χ2n) is 14.5. The van der Waals surface area contributed by atoms with Crippen LogP contribution in [0.1, 0.15) is 59.7 Å². The second-order valence-corrected chi connectivity index (χ2v) is 17.2. The number of amides is 3. The maximum Gasteiger partial charge on any atom is 0.416 e. The van der Waals surface area contributed by atoms with Crippen molar-refractivity contribution in [1.82, 2.24) is 14.8 Å². The van der Waals surface area contributed by atoms with Crippen LogP contribution in [-0.4, -0.2) is 115 Å². The Hall–Kier alpha value is -5.19. The molecule has 0 saturated carbocycles. The molecule has 2 saturated heterocycles. The number of fused-ring (bicyclic) bond motifs is 4. The van der Waals surface area contributed by atoms with E-state index in [0.717, 1.165) is 27.5 Å². The predicted octanol–water partition coefficient (Wildman–Crippen LogP) is 7.09. The number of hydrogen-bond acceptors (Lipinski definition) is 13. The van der Waals surface area contributed by atoms with E-state index in [0.29, 0.717) is 79.7 Å². The number of aliphatic imine (C=N–C) groups is 1. The molecule has 4 aliphatic heterocycles. The van der Waals surface area contributed by atoms with Crippen molar-refractivity contribution in [1.29, 1.82) is 0 Å². The third kappa shape index (κ3) is 8.78. The highest BCUT2D eigenvalue weighted by Gasteiger charge is 2.46. The van der Waals surface area contributed by atoms with Crippen LogP contribution in [-0.2, 0) is 4.74 Å². The quantitative estimate of drug-likeness (QED) is 0.0946. The third-order valence-electron chi connectivity index (χ3n) is 10.3. The van der Waals surface area contributed by atoms with Gasteiger partial charge in [0.25, 0.3) is 11.8 Å². The van der Waals surface area contributed by atoms with Gasteiger partial charge in [-0.3, -0.25) is 14.6 Å². The highest BCUT2D eigenvalue weighted by Crippen LogP contribution is 2.43. The van der Waals surface area contributed by atoms with Crippen molar-refractivity contribution in [3.8, 4) is 23.0 Å². The minimum absolute atomic E-state index is 0.0585. The van der Waals surface area contributed by atoms with Crippen LogP contribution in [0, 0.1) is 0 Å². The summed E-state index contributed by atoms with van der Waals surface area (Å²) in [7, 11) is 6.01. The van der Waals surface area contributed by atoms with Gasteiger partial charge in [-0.2, -0.15) is 0 Å². The van der Waals surface area contributed by atoms with Crippen molar-refractivity contribution in [2.75, 3.05) is 52.0 Å². The Bertz CT molecular complexity index is 2100. The highest BCUT2D eigenvalue weighted by molar-refractivity contribution is 8.76. The smallest absolute Gasteiger partial charge is 0.416 e. The maximum absolute atomic E-state index is 13.9. The second kappa shape index (κ2) is 18.2. The van der Waals surface area contributed by atoms with Crippen LogP contribution in [0.15, 0.2) is 83.0 Å². The van der Waals surface area contributed by atoms with Gasteiger partial charge in [0.2, 0.25) is 0 Å². The van der Waals surface area contributed by atoms with E-state index in [1.807, 2.05) is 25.1 Å². The molecule has 1 aromatic heterocycles. The zero-order chi connectivity index (χ0) is 40.9. The summed E-state index contributed by atoms with van der Waals surface area (Å²) in [5, 5.41) is 12.4. The number of carbonyl (C=O) groups excluding carboxylic acids is 3. The van der Waals surface area contributed by atoms with Crippen molar-refractivity contribution < 1.29 is 43.2 Å². The number of ether oxygens (including phenoxy) is 5. The molecule has 14 nitrogen and oxygen atoms in total. The topological polar surface area (TPSA) is 153 Å². The van der Waals surface area contributed by atoms with Gasteiger partial charge in [-0.25, -0.2) is 14.7 Å². The molecule has 3 aromatic rings. The predicted molar refractivity (Wildman–Crippen MR) is 223 cm³/mol. The van der Waals surface area contributed by atoms with Gasteiger partial charge >= 0.3 is 6.09 Å². The lowest BCUT2D eigenvalue weighted by Crippen LogP contribution is -2.51. The van der Waals surface area contributed by atoms with Crippen molar-refractivity contribution >= 4 is 57.1 Å². The Morgan fingerprint density at radius 1 is 0.897 bits per heavy atom. The van der Waals surface area contributed by atoms with Gasteiger partial charge in [0.05, 0.1) is 62.0 Å². The van der Waals surface area contributed by atoms with E-state index in [2.05, 4.69) is 23.1 Å². The number of carbonyl (C=O) groups is 3. The lowest BCUT2D eigenvalue weighted by Gasteiger charge is -2.31. The Morgan fingerprint density at radius 2 is 1.57 bits per heavy atom. The first-order chi connectivity index (χ1) is 28.1. The molecule has 5 heterocycles. The van der Waals surface area contributed by atoms with Gasteiger partial charge in [-0.15, -0.1) is 0 Å². The molecule has 0 radical (unpaired) electrons. The molecule has 4 atom stereocenters. The molecule has 4 aliphatic rings. The highest BCUT2D eigenvalue weighted by atomic mass is 33.1. The minimum Gasteiger partial charge on any atom is -0.493 e. The molecule has 16 heteroatoms. The molecule has 1 N–H and O–H groups in total. The number of unbranched alkanes of at least 4 members (excludes halogenated alkanes) is 2. The standard InChI is InChI=1S/C42H47N5O9S2/c1-25-15-28-21-44-31-19-36(34(52-4)17-29(31)39(48)45(28)22-25)54-13-9-6-10-14-55-37-20-32-30(18-35(37)53-5)40(49)46-23-26(2)16-33(46)41(50)47(32)42(51)56-24-27(3)57-58-38-11-7-8-12-43-38/h7-8,11-12,17-21,27-28,33,41,50H,1-2,6,9-10,13-16,22-24H2,3-5H3/t27-,28?,33+,41+/m1/s1. The summed E-state index contributed by atoms with van der Waals surface area (Å²) in [5.41, 5.74) is 3.13. The molecule has 0 bridgehead atoms. The maximum atomic E-state index is 13.9. The molecule has 0 spiro atoms. The first-order valence-corrected chi connectivity index (χ1v) is 21.3. The van der Waals surface area contributed by atoms with Crippen LogP contribution in [0.3, 0.4) is 0 Å². The number of nitrogens with zero attached hydrogens (tertiary/aromatic N) is 5. The number of methoxy groups -OCH3 is 2. The summed E-state index contributed by atoms with van der Waals surface area (Å²) in [6, 6.07) is 11.4. The first kappa shape index (κ1) is 41.0. The molecular formula is C42H47N5O9S2. The largest absolute Gasteiger partial charge is 0.493 e.